The molecule has 3 heterocycles. The zero-order valence-electron chi connectivity index (χ0n) is 13.5. The molecule has 6 nitrogen and oxygen atoms in total. The molecule has 2 aromatic carbocycles. The van der Waals surface area contributed by atoms with Crippen molar-refractivity contribution in [3.8, 4) is 0 Å². The molecule has 5 rings (SSSR count). The molecule has 0 bridgehead atoms. The lowest BCUT2D eigenvalue weighted by Gasteiger charge is -2.26. The third-order valence-corrected chi connectivity index (χ3v) is 5.25. The van der Waals surface area contributed by atoms with Gasteiger partial charge in [-0.25, -0.2) is 4.98 Å². The highest BCUT2D eigenvalue weighted by Gasteiger charge is 2.32. The molecule has 0 aliphatic carbocycles. The molecule has 2 aromatic heterocycles. The second-order valence-electron chi connectivity index (χ2n) is 6.34. The summed E-state index contributed by atoms with van der Waals surface area (Å²) in [5.74, 6) is 0.488. The van der Waals surface area contributed by atoms with Gasteiger partial charge in [-0.2, -0.15) is 0 Å². The minimum atomic E-state index is -0.314. The molecule has 1 aliphatic rings. The molecule has 4 aromatic rings. The van der Waals surface area contributed by atoms with Gasteiger partial charge in [0.05, 0.1) is 16.6 Å². The number of hydrogen-bond acceptors (Lipinski definition) is 3. The summed E-state index contributed by atoms with van der Waals surface area (Å²) in [6.45, 7) is 0. The minimum absolute atomic E-state index is 0.118. The normalized spacial score (nSPS) is 16.7. The van der Waals surface area contributed by atoms with E-state index in [0.717, 1.165) is 21.1 Å². The maximum Gasteiger partial charge on any atom is 0.258 e. The van der Waals surface area contributed by atoms with Crippen LogP contribution in [-0.2, 0) is 4.79 Å². The van der Waals surface area contributed by atoms with Gasteiger partial charge in [-0.3, -0.25) is 19.0 Å². The zero-order valence-corrected chi connectivity index (χ0v) is 15.1. The van der Waals surface area contributed by atoms with E-state index in [-0.39, 0.29) is 23.8 Å². The summed E-state index contributed by atoms with van der Waals surface area (Å²) in [5.41, 5.74) is 2.84. The maximum atomic E-state index is 12.9. The van der Waals surface area contributed by atoms with E-state index < -0.39 is 0 Å². The van der Waals surface area contributed by atoms with Gasteiger partial charge in [0.2, 0.25) is 11.7 Å². The second-order valence-corrected chi connectivity index (χ2v) is 7.25. The molecule has 7 heteroatoms. The molecule has 0 saturated carbocycles. The van der Waals surface area contributed by atoms with Gasteiger partial charge in [0.25, 0.3) is 5.56 Å². The lowest BCUT2D eigenvalue weighted by Crippen LogP contribution is -2.32. The highest BCUT2D eigenvalue weighted by Crippen LogP contribution is 2.36. The van der Waals surface area contributed by atoms with E-state index in [1.165, 1.54) is 0 Å². The molecule has 0 spiro atoms. The standard InChI is InChI=1S/C19H13BrN4O2/c20-11-5-3-4-10(8-11)12-9-15(25)22-17-16(12)18(26)23-19-21-13-6-1-2-7-14(13)24(17)19/h1-8,12H,9H2,(H,22,25)(H,21,23,26). The first kappa shape index (κ1) is 15.3. The number of aromatic amines is 1. The van der Waals surface area contributed by atoms with Gasteiger partial charge in [0, 0.05) is 16.8 Å². The van der Waals surface area contributed by atoms with E-state index >= 15 is 0 Å². The summed E-state index contributed by atoms with van der Waals surface area (Å²) in [4.78, 5) is 32.6. The molecule has 0 saturated heterocycles. The summed E-state index contributed by atoms with van der Waals surface area (Å²) >= 11 is 3.47. The lowest BCUT2D eigenvalue weighted by molar-refractivity contribution is -0.116. The Balaban J connectivity index is 1.87. The van der Waals surface area contributed by atoms with Crippen molar-refractivity contribution in [2.45, 2.75) is 12.3 Å². The van der Waals surface area contributed by atoms with Crippen LogP contribution in [-0.4, -0.2) is 20.3 Å². The first-order valence-electron chi connectivity index (χ1n) is 8.20. The first-order valence-corrected chi connectivity index (χ1v) is 9.00. The quantitative estimate of drug-likeness (QED) is 0.506. The molecular formula is C19H13BrN4O2. The molecule has 1 atom stereocenters. The Bertz CT molecular complexity index is 1260. The Morgan fingerprint density at radius 1 is 1.12 bits per heavy atom. The van der Waals surface area contributed by atoms with Gasteiger partial charge in [0.15, 0.2) is 0 Å². The van der Waals surface area contributed by atoms with Gasteiger partial charge in [0.1, 0.15) is 5.82 Å². The number of anilines is 1. The van der Waals surface area contributed by atoms with Crippen LogP contribution in [0.2, 0.25) is 0 Å². The van der Waals surface area contributed by atoms with Gasteiger partial charge < -0.3 is 5.32 Å². The smallest absolute Gasteiger partial charge is 0.258 e. The fourth-order valence-electron chi connectivity index (χ4n) is 3.66. The van der Waals surface area contributed by atoms with E-state index in [9.17, 15) is 9.59 Å². The zero-order chi connectivity index (χ0) is 17.8. The number of imidazole rings is 1. The van der Waals surface area contributed by atoms with Crippen LogP contribution in [0.25, 0.3) is 16.8 Å². The molecule has 1 unspecified atom stereocenters. The Hall–Kier alpha value is -2.93. The largest absolute Gasteiger partial charge is 0.311 e. The molecule has 1 amide bonds. The van der Waals surface area contributed by atoms with Gasteiger partial charge in [-0.05, 0) is 29.8 Å². The minimum Gasteiger partial charge on any atom is -0.311 e. The van der Waals surface area contributed by atoms with Crippen molar-refractivity contribution in [2.24, 2.45) is 0 Å². The number of H-pyrrole nitrogens is 1. The number of carbonyl (C=O) groups excluding carboxylic acids is 1. The van der Waals surface area contributed by atoms with Gasteiger partial charge in [-0.1, -0.05) is 40.2 Å². The Morgan fingerprint density at radius 2 is 1.96 bits per heavy atom. The van der Waals surface area contributed by atoms with Crippen molar-refractivity contribution in [3.05, 3.63) is 74.5 Å². The van der Waals surface area contributed by atoms with Crippen LogP contribution in [0.1, 0.15) is 23.5 Å². The van der Waals surface area contributed by atoms with E-state index in [1.54, 1.807) is 0 Å². The van der Waals surface area contributed by atoms with Crippen molar-refractivity contribution in [3.63, 3.8) is 0 Å². The Labute approximate surface area is 156 Å². The number of amides is 1. The average Bonchev–Trinajstić information content (AvgIpc) is 2.99. The van der Waals surface area contributed by atoms with E-state index in [2.05, 4.69) is 31.2 Å². The molecule has 128 valence electrons. The van der Waals surface area contributed by atoms with Crippen molar-refractivity contribution < 1.29 is 4.79 Å². The third kappa shape index (κ3) is 2.20. The van der Waals surface area contributed by atoms with E-state index in [0.29, 0.717) is 17.2 Å². The summed E-state index contributed by atoms with van der Waals surface area (Å²) in [5, 5.41) is 2.89. The number of fused-ring (bicyclic) bond motifs is 5. The van der Waals surface area contributed by atoms with Crippen LogP contribution < -0.4 is 10.9 Å². The highest BCUT2D eigenvalue weighted by atomic mass is 79.9. The topological polar surface area (TPSA) is 79.3 Å². The molecule has 0 radical (unpaired) electrons. The van der Waals surface area contributed by atoms with E-state index in [4.69, 9.17) is 0 Å². The average molecular weight is 409 g/mol. The number of nitrogens with zero attached hydrogens (tertiary/aromatic N) is 2. The number of nitrogens with one attached hydrogen (secondary N) is 2. The molecule has 2 N–H and O–H groups in total. The van der Waals surface area contributed by atoms with Crippen LogP contribution in [0, 0.1) is 0 Å². The molecule has 0 fully saturated rings. The predicted molar refractivity (Wildman–Crippen MR) is 103 cm³/mol. The predicted octanol–water partition coefficient (Wildman–Crippen LogP) is 3.41. The number of halogens is 1. The Morgan fingerprint density at radius 3 is 2.81 bits per heavy atom. The monoisotopic (exact) mass is 408 g/mol. The van der Waals surface area contributed by atoms with Gasteiger partial charge in [-0.15, -0.1) is 0 Å². The highest BCUT2D eigenvalue weighted by molar-refractivity contribution is 9.10. The fraction of sp³-hybridized carbons (Fsp3) is 0.105. The van der Waals surface area contributed by atoms with Crippen molar-refractivity contribution in [2.75, 3.05) is 5.32 Å². The van der Waals surface area contributed by atoms with Crippen LogP contribution in [0.5, 0.6) is 0 Å². The van der Waals surface area contributed by atoms with Crippen LogP contribution in [0.4, 0.5) is 5.82 Å². The maximum absolute atomic E-state index is 12.9. The van der Waals surface area contributed by atoms with Crippen molar-refractivity contribution >= 4 is 44.5 Å². The summed E-state index contributed by atoms with van der Waals surface area (Å²) in [6, 6.07) is 15.3. The molecule has 1 aliphatic heterocycles. The number of carbonyl (C=O) groups is 1. The molecular weight excluding hydrogens is 396 g/mol. The number of aromatic nitrogens is 3. The van der Waals surface area contributed by atoms with Crippen molar-refractivity contribution in [1.82, 2.24) is 14.4 Å². The molecule has 26 heavy (non-hydrogen) atoms. The van der Waals surface area contributed by atoms with Crippen LogP contribution in [0.3, 0.4) is 0 Å². The van der Waals surface area contributed by atoms with Crippen LogP contribution in [0.15, 0.2) is 57.8 Å². The van der Waals surface area contributed by atoms with Crippen molar-refractivity contribution in [1.29, 1.82) is 0 Å². The number of hydrogen-bond donors (Lipinski definition) is 2. The summed E-state index contributed by atoms with van der Waals surface area (Å²) < 4.78 is 2.72. The lowest BCUT2D eigenvalue weighted by atomic mass is 9.87. The number of rotatable bonds is 1. The van der Waals surface area contributed by atoms with Crippen LogP contribution >= 0.6 is 15.9 Å². The fourth-order valence-corrected chi connectivity index (χ4v) is 4.07. The number of para-hydroxylation sites is 2. The summed E-state index contributed by atoms with van der Waals surface area (Å²) in [6.07, 6.45) is 0.227. The number of benzene rings is 2. The Kier molecular flexibility index (Phi) is 3.27. The summed E-state index contributed by atoms with van der Waals surface area (Å²) in [7, 11) is 0. The van der Waals surface area contributed by atoms with E-state index in [1.807, 2.05) is 52.9 Å². The van der Waals surface area contributed by atoms with Gasteiger partial charge >= 0.3 is 0 Å². The first-order chi connectivity index (χ1) is 12.6. The second kappa shape index (κ2) is 5.54. The third-order valence-electron chi connectivity index (χ3n) is 4.76. The SMILES string of the molecule is O=C1CC(c2cccc(Br)c2)c2c(n3c(nc4ccccc43)[nH]c2=O)N1.